The van der Waals surface area contributed by atoms with E-state index >= 15 is 0 Å². The van der Waals surface area contributed by atoms with Gasteiger partial charge in [0.2, 0.25) is 0 Å². The SMILES string of the molecule is OCCSCC(O)C(F)(F)F. The van der Waals surface area contributed by atoms with Crippen LogP contribution in [0.4, 0.5) is 13.2 Å². The Hall–Kier alpha value is 0.0600. The molecule has 0 radical (unpaired) electrons. The Labute approximate surface area is 66.4 Å². The first-order valence-corrected chi connectivity index (χ1v) is 4.07. The minimum Gasteiger partial charge on any atom is -0.396 e. The molecule has 0 bridgehead atoms. The van der Waals surface area contributed by atoms with Crippen molar-refractivity contribution >= 4 is 11.8 Å². The van der Waals surface area contributed by atoms with E-state index in [2.05, 4.69) is 0 Å². The Morgan fingerprint density at radius 2 is 1.91 bits per heavy atom. The van der Waals surface area contributed by atoms with E-state index < -0.39 is 18.0 Å². The lowest BCUT2D eigenvalue weighted by Crippen LogP contribution is -2.30. The van der Waals surface area contributed by atoms with Crippen LogP contribution < -0.4 is 0 Å². The zero-order valence-corrected chi connectivity index (χ0v) is 6.45. The van der Waals surface area contributed by atoms with Crippen molar-refractivity contribution in [2.45, 2.75) is 12.3 Å². The van der Waals surface area contributed by atoms with Gasteiger partial charge in [-0.05, 0) is 0 Å². The van der Waals surface area contributed by atoms with Gasteiger partial charge in [-0.3, -0.25) is 0 Å². The Balaban J connectivity index is 3.44. The third kappa shape index (κ3) is 5.34. The number of aliphatic hydroxyl groups is 2. The largest absolute Gasteiger partial charge is 0.415 e. The van der Waals surface area contributed by atoms with Gasteiger partial charge in [-0.25, -0.2) is 0 Å². The summed E-state index contributed by atoms with van der Waals surface area (Å²) in [4.78, 5) is 0. The molecule has 0 aromatic heterocycles. The molecule has 6 heteroatoms. The highest BCUT2D eigenvalue weighted by molar-refractivity contribution is 7.99. The molecule has 0 amide bonds. The van der Waals surface area contributed by atoms with E-state index in [-0.39, 0.29) is 12.4 Å². The molecule has 0 aromatic rings. The maximum Gasteiger partial charge on any atom is 0.415 e. The summed E-state index contributed by atoms with van der Waals surface area (Å²) in [5.74, 6) is -0.197. The molecule has 0 aliphatic carbocycles. The van der Waals surface area contributed by atoms with Crippen LogP contribution in [0.2, 0.25) is 0 Å². The van der Waals surface area contributed by atoms with Crippen molar-refractivity contribution in [3.8, 4) is 0 Å². The fourth-order valence-electron chi connectivity index (χ4n) is 0.354. The van der Waals surface area contributed by atoms with E-state index in [0.717, 1.165) is 11.8 Å². The second kappa shape index (κ2) is 4.84. The van der Waals surface area contributed by atoms with Gasteiger partial charge in [0, 0.05) is 11.5 Å². The Morgan fingerprint density at radius 3 is 2.27 bits per heavy atom. The molecule has 0 aromatic carbocycles. The van der Waals surface area contributed by atoms with Crippen LogP contribution in [-0.2, 0) is 0 Å². The van der Waals surface area contributed by atoms with Gasteiger partial charge in [-0.2, -0.15) is 24.9 Å². The minimum absolute atomic E-state index is 0.171. The monoisotopic (exact) mass is 190 g/mol. The average molecular weight is 190 g/mol. The number of hydrogen-bond acceptors (Lipinski definition) is 3. The van der Waals surface area contributed by atoms with E-state index in [9.17, 15) is 13.2 Å². The molecule has 0 heterocycles. The van der Waals surface area contributed by atoms with Crippen molar-refractivity contribution in [3.63, 3.8) is 0 Å². The van der Waals surface area contributed by atoms with Crippen LogP contribution in [0, 0.1) is 0 Å². The van der Waals surface area contributed by atoms with Crippen LogP contribution in [-0.4, -0.2) is 40.6 Å². The molecule has 1 unspecified atom stereocenters. The van der Waals surface area contributed by atoms with Gasteiger partial charge in [0.25, 0.3) is 0 Å². The van der Waals surface area contributed by atoms with Crippen molar-refractivity contribution in [1.29, 1.82) is 0 Å². The number of halogens is 3. The van der Waals surface area contributed by atoms with Crippen LogP contribution >= 0.6 is 11.8 Å². The third-order valence-corrected chi connectivity index (χ3v) is 1.91. The molecular formula is C5H9F3O2S. The predicted molar refractivity (Wildman–Crippen MR) is 36.5 cm³/mol. The number of alkyl halides is 3. The Bertz CT molecular complexity index is 106. The number of thioether (sulfide) groups is 1. The summed E-state index contributed by atoms with van der Waals surface area (Å²) in [6.07, 6.45) is -6.82. The maximum absolute atomic E-state index is 11.6. The van der Waals surface area contributed by atoms with Crippen LogP contribution in [0.15, 0.2) is 0 Å². The topological polar surface area (TPSA) is 40.5 Å². The van der Waals surface area contributed by atoms with Gasteiger partial charge in [0.1, 0.15) is 0 Å². The van der Waals surface area contributed by atoms with Gasteiger partial charge in [-0.1, -0.05) is 0 Å². The Kier molecular flexibility index (Phi) is 4.87. The summed E-state index contributed by atoms with van der Waals surface area (Å²) in [6.45, 7) is -0.171. The van der Waals surface area contributed by atoms with Gasteiger partial charge < -0.3 is 10.2 Å². The van der Waals surface area contributed by atoms with E-state index in [4.69, 9.17) is 10.2 Å². The zero-order chi connectivity index (χ0) is 8.91. The van der Waals surface area contributed by atoms with Crippen molar-refractivity contribution in [1.82, 2.24) is 0 Å². The van der Waals surface area contributed by atoms with Gasteiger partial charge >= 0.3 is 6.18 Å². The lowest BCUT2D eigenvalue weighted by atomic mass is 10.4. The molecule has 0 fully saturated rings. The third-order valence-electron chi connectivity index (χ3n) is 0.889. The summed E-state index contributed by atoms with van der Waals surface area (Å²) < 4.78 is 34.7. The first-order valence-electron chi connectivity index (χ1n) is 2.92. The van der Waals surface area contributed by atoms with Crippen LogP contribution in [0.1, 0.15) is 0 Å². The lowest BCUT2D eigenvalue weighted by Gasteiger charge is -2.12. The van der Waals surface area contributed by atoms with Crippen LogP contribution in [0.5, 0.6) is 0 Å². The smallest absolute Gasteiger partial charge is 0.396 e. The predicted octanol–water partition coefficient (Wildman–Crippen LogP) is 0.635. The molecule has 0 aliphatic rings. The molecule has 0 spiro atoms. The van der Waals surface area contributed by atoms with Crippen LogP contribution in [0.25, 0.3) is 0 Å². The highest BCUT2D eigenvalue weighted by Gasteiger charge is 2.37. The average Bonchev–Trinajstić information content (AvgIpc) is 1.86. The number of hydrogen-bond donors (Lipinski definition) is 2. The molecule has 0 saturated carbocycles. The molecule has 68 valence electrons. The highest BCUT2D eigenvalue weighted by Crippen LogP contribution is 2.22. The minimum atomic E-state index is -4.54. The van der Waals surface area contributed by atoms with Crippen LogP contribution in [0.3, 0.4) is 0 Å². The first kappa shape index (κ1) is 11.1. The summed E-state index contributed by atoms with van der Waals surface area (Å²) in [5.41, 5.74) is 0. The molecule has 0 saturated heterocycles. The molecule has 0 aliphatic heterocycles. The molecule has 11 heavy (non-hydrogen) atoms. The second-order valence-electron chi connectivity index (χ2n) is 1.86. The first-order chi connectivity index (χ1) is 4.98. The summed E-state index contributed by atoms with van der Waals surface area (Å²) in [6, 6.07) is 0. The van der Waals surface area contributed by atoms with E-state index in [1.807, 2.05) is 0 Å². The standard InChI is InChI=1S/C5H9F3O2S/c6-5(7,8)4(10)3-11-2-1-9/h4,9-10H,1-3H2. The fraction of sp³-hybridized carbons (Fsp3) is 1.00. The zero-order valence-electron chi connectivity index (χ0n) is 5.64. The molecule has 2 nitrogen and oxygen atoms in total. The van der Waals surface area contributed by atoms with E-state index in [0.29, 0.717) is 0 Å². The molecule has 1 atom stereocenters. The fourth-order valence-corrected chi connectivity index (χ4v) is 1.06. The van der Waals surface area contributed by atoms with Crippen molar-refractivity contribution in [3.05, 3.63) is 0 Å². The van der Waals surface area contributed by atoms with E-state index in [1.54, 1.807) is 0 Å². The van der Waals surface area contributed by atoms with Gasteiger partial charge in [0.15, 0.2) is 6.10 Å². The van der Waals surface area contributed by atoms with Gasteiger partial charge in [-0.15, -0.1) is 0 Å². The summed E-state index contributed by atoms with van der Waals surface area (Å²) in [7, 11) is 0. The highest BCUT2D eigenvalue weighted by atomic mass is 32.2. The lowest BCUT2D eigenvalue weighted by molar-refractivity contribution is -0.195. The van der Waals surface area contributed by atoms with E-state index in [1.165, 1.54) is 0 Å². The quantitative estimate of drug-likeness (QED) is 0.639. The van der Waals surface area contributed by atoms with Crippen molar-refractivity contribution < 1.29 is 23.4 Å². The van der Waals surface area contributed by atoms with Crippen molar-refractivity contribution in [2.24, 2.45) is 0 Å². The Morgan fingerprint density at radius 1 is 1.36 bits per heavy atom. The van der Waals surface area contributed by atoms with Gasteiger partial charge in [0.05, 0.1) is 6.61 Å². The number of aliphatic hydroxyl groups excluding tert-OH is 2. The molecular weight excluding hydrogens is 181 g/mol. The normalized spacial score (nSPS) is 15.0. The summed E-state index contributed by atoms with van der Waals surface area (Å²) in [5, 5.41) is 16.6. The number of rotatable bonds is 4. The summed E-state index contributed by atoms with van der Waals surface area (Å²) >= 11 is 0.868. The second-order valence-corrected chi connectivity index (χ2v) is 3.01. The maximum atomic E-state index is 11.6. The molecule has 2 N–H and O–H groups in total. The molecule has 0 rings (SSSR count). The van der Waals surface area contributed by atoms with Crippen molar-refractivity contribution in [2.75, 3.05) is 18.1 Å².